The summed E-state index contributed by atoms with van der Waals surface area (Å²) in [5.41, 5.74) is -1.28. The molecule has 3 rings (SSSR count). The van der Waals surface area contributed by atoms with E-state index in [-0.39, 0.29) is 11.4 Å². The van der Waals surface area contributed by atoms with Crippen LogP contribution in [-0.2, 0) is 14.9 Å². The summed E-state index contributed by atoms with van der Waals surface area (Å²) in [6.45, 7) is 2.52. The normalized spacial score (nSPS) is 20.9. The molecule has 0 bridgehead atoms. The maximum Gasteiger partial charge on any atom is 0.316 e. The van der Waals surface area contributed by atoms with Crippen LogP contribution >= 0.6 is 0 Å². The lowest BCUT2D eigenvalue weighted by Gasteiger charge is -2.39. The highest BCUT2D eigenvalue weighted by Gasteiger charge is 2.44. The second-order valence-electron chi connectivity index (χ2n) is 8.56. The third-order valence-electron chi connectivity index (χ3n) is 6.98. The molecule has 0 heterocycles. The van der Waals surface area contributed by atoms with Gasteiger partial charge >= 0.3 is 5.97 Å². The fraction of sp³-hybridized carbons (Fsp3) is 0.652. The van der Waals surface area contributed by atoms with Crippen LogP contribution in [0.2, 0.25) is 0 Å². The summed E-state index contributed by atoms with van der Waals surface area (Å²) in [6, 6.07) is 3.86. The Morgan fingerprint density at radius 1 is 1.04 bits per heavy atom. The molecule has 1 aromatic rings. The molecule has 0 radical (unpaired) electrons. The first-order valence-corrected chi connectivity index (χ1v) is 10.5. The van der Waals surface area contributed by atoms with Gasteiger partial charge in [-0.05, 0) is 49.8 Å². The molecule has 0 aliphatic heterocycles. The zero-order valence-electron chi connectivity index (χ0n) is 16.7. The van der Waals surface area contributed by atoms with Crippen molar-refractivity contribution in [2.45, 2.75) is 83.0 Å². The third kappa shape index (κ3) is 3.92. The Labute approximate surface area is 166 Å². The van der Waals surface area contributed by atoms with Gasteiger partial charge in [-0.2, -0.15) is 5.26 Å². The molecule has 2 aliphatic carbocycles. The minimum atomic E-state index is -1.02. The summed E-state index contributed by atoms with van der Waals surface area (Å²) in [5.74, 6) is -2.19. The maximum atomic E-state index is 14.3. The van der Waals surface area contributed by atoms with Crippen LogP contribution in [0.4, 0.5) is 8.78 Å². The number of hydrogen-bond acceptors (Lipinski definition) is 3. The van der Waals surface area contributed by atoms with E-state index in [0.717, 1.165) is 63.5 Å². The van der Waals surface area contributed by atoms with Gasteiger partial charge in [-0.3, -0.25) is 4.79 Å². The van der Waals surface area contributed by atoms with Gasteiger partial charge in [0, 0.05) is 5.41 Å². The molecular weight excluding hydrogens is 360 g/mol. The van der Waals surface area contributed by atoms with Crippen molar-refractivity contribution in [3.63, 3.8) is 0 Å². The second-order valence-corrected chi connectivity index (χ2v) is 8.56. The second kappa shape index (κ2) is 8.59. The molecule has 3 nitrogen and oxygen atoms in total. The van der Waals surface area contributed by atoms with E-state index in [2.05, 4.69) is 6.92 Å². The number of halogens is 2. The highest BCUT2D eigenvalue weighted by atomic mass is 19.1. The lowest BCUT2D eigenvalue weighted by Crippen LogP contribution is -2.42. The van der Waals surface area contributed by atoms with E-state index in [4.69, 9.17) is 10.00 Å². The van der Waals surface area contributed by atoms with Crippen molar-refractivity contribution in [1.29, 1.82) is 5.26 Å². The highest BCUT2D eigenvalue weighted by molar-refractivity contribution is 5.83. The summed E-state index contributed by atoms with van der Waals surface area (Å²) < 4.78 is 34.4. The van der Waals surface area contributed by atoms with Gasteiger partial charge in [0.1, 0.15) is 23.3 Å². The fourth-order valence-corrected chi connectivity index (χ4v) is 4.98. The molecule has 1 aromatic carbocycles. The van der Waals surface area contributed by atoms with Crippen LogP contribution in [0.3, 0.4) is 0 Å². The van der Waals surface area contributed by atoms with E-state index in [0.29, 0.717) is 25.0 Å². The van der Waals surface area contributed by atoms with Crippen molar-refractivity contribution in [1.82, 2.24) is 0 Å². The predicted octanol–water partition coefficient (Wildman–Crippen LogP) is 5.94. The molecule has 0 saturated heterocycles. The van der Waals surface area contributed by atoms with Gasteiger partial charge in [-0.25, -0.2) is 8.78 Å². The summed E-state index contributed by atoms with van der Waals surface area (Å²) >= 11 is 0. The van der Waals surface area contributed by atoms with Gasteiger partial charge in [-0.15, -0.1) is 0 Å². The maximum absolute atomic E-state index is 14.3. The Kier molecular flexibility index (Phi) is 6.37. The van der Waals surface area contributed by atoms with Crippen LogP contribution in [0.15, 0.2) is 12.1 Å². The van der Waals surface area contributed by atoms with Crippen LogP contribution in [0, 0.1) is 28.4 Å². The Morgan fingerprint density at radius 2 is 1.57 bits per heavy atom. The number of rotatable bonds is 5. The third-order valence-corrected chi connectivity index (χ3v) is 6.98. The largest absolute Gasteiger partial charge is 0.464 e. The standard InChI is InChI=1S/C23H29F2NO2/c1-2-22(9-5-3-6-10-22)16-28-21(27)23(11-7-4-8-12-23)17-13-19(24)18(15-26)20(25)14-17/h13-14H,2-12,16H2,1H3. The number of nitrogens with zero attached hydrogens (tertiary/aromatic N) is 1. The van der Waals surface area contributed by atoms with E-state index < -0.39 is 22.6 Å². The molecule has 0 atom stereocenters. The Hall–Kier alpha value is -1.96. The smallest absolute Gasteiger partial charge is 0.316 e. The molecule has 2 fully saturated rings. The molecule has 0 spiro atoms. The Bertz CT molecular complexity index is 733. The van der Waals surface area contributed by atoms with Gasteiger partial charge in [0.25, 0.3) is 0 Å². The van der Waals surface area contributed by atoms with E-state index in [1.807, 2.05) is 0 Å². The molecule has 0 aromatic heterocycles. The molecule has 5 heteroatoms. The first kappa shape index (κ1) is 20.8. The van der Waals surface area contributed by atoms with Crippen molar-refractivity contribution in [3.05, 3.63) is 34.9 Å². The van der Waals surface area contributed by atoms with E-state index in [1.165, 1.54) is 6.42 Å². The van der Waals surface area contributed by atoms with Crippen molar-refractivity contribution < 1.29 is 18.3 Å². The summed E-state index contributed by atoms with van der Waals surface area (Å²) in [6.07, 6.45) is 10.3. The quantitative estimate of drug-likeness (QED) is 0.585. The predicted molar refractivity (Wildman–Crippen MR) is 103 cm³/mol. The molecule has 2 aliphatic rings. The topological polar surface area (TPSA) is 50.1 Å². The highest BCUT2D eigenvalue weighted by Crippen LogP contribution is 2.44. The molecule has 0 unspecified atom stereocenters. The molecule has 2 saturated carbocycles. The zero-order valence-corrected chi connectivity index (χ0v) is 16.7. The Morgan fingerprint density at radius 3 is 2.07 bits per heavy atom. The number of ether oxygens (including phenoxy) is 1. The number of benzene rings is 1. The van der Waals surface area contributed by atoms with Crippen molar-refractivity contribution >= 4 is 5.97 Å². The average Bonchev–Trinajstić information content (AvgIpc) is 2.73. The van der Waals surface area contributed by atoms with Crippen LogP contribution in [0.25, 0.3) is 0 Å². The molecule has 0 amide bonds. The first-order valence-electron chi connectivity index (χ1n) is 10.5. The SMILES string of the molecule is CCC1(COC(=O)C2(c3cc(F)c(C#N)c(F)c3)CCCCC2)CCCCC1. The van der Waals surface area contributed by atoms with Gasteiger partial charge in [0.2, 0.25) is 0 Å². The lowest BCUT2D eigenvalue weighted by atomic mass is 9.69. The number of carbonyl (C=O) groups excluding carboxylic acids is 1. The van der Waals surface area contributed by atoms with E-state index in [1.54, 1.807) is 6.07 Å². The summed E-state index contributed by atoms with van der Waals surface area (Å²) in [5, 5.41) is 8.94. The van der Waals surface area contributed by atoms with E-state index >= 15 is 0 Å². The average molecular weight is 389 g/mol. The van der Waals surface area contributed by atoms with Crippen molar-refractivity contribution in [2.75, 3.05) is 6.61 Å². The number of hydrogen-bond donors (Lipinski definition) is 0. The van der Waals surface area contributed by atoms with Crippen LogP contribution in [0.5, 0.6) is 0 Å². The minimum absolute atomic E-state index is 0.0327. The van der Waals surface area contributed by atoms with Gasteiger partial charge < -0.3 is 4.74 Å². The van der Waals surface area contributed by atoms with Crippen molar-refractivity contribution in [2.24, 2.45) is 5.41 Å². The number of carbonyl (C=O) groups is 1. The number of esters is 1. The molecule has 28 heavy (non-hydrogen) atoms. The first-order chi connectivity index (χ1) is 13.5. The monoisotopic (exact) mass is 389 g/mol. The Balaban J connectivity index is 1.87. The zero-order chi connectivity index (χ0) is 20.2. The fourth-order valence-electron chi connectivity index (χ4n) is 4.98. The lowest BCUT2D eigenvalue weighted by molar-refractivity contribution is -0.157. The van der Waals surface area contributed by atoms with Gasteiger partial charge in [0.15, 0.2) is 0 Å². The van der Waals surface area contributed by atoms with Gasteiger partial charge in [0.05, 0.1) is 12.0 Å². The molecule has 0 N–H and O–H groups in total. The molecular formula is C23H29F2NO2. The van der Waals surface area contributed by atoms with Crippen LogP contribution < -0.4 is 0 Å². The summed E-state index contributed by atoms with van der Waals surface area (Å²) in [4.78, 5) is 13.3. The minimum Gasteiger partial charge on any atom is -0.464 e. The number of nitriles is 1. The van der Waals surface area contributed by atoms with Crippen LogP contribution in [-0.4, -0.2) is 12.6 Å². The summed E-state index contributed by atoms with van der Waals surface area (Å²) in [7, 11) is 0. The molecule has 152 valence electrons. The van der Waals surface area contributed by atoms with Gasteiger partial charge in [-0.1, -0.05) is 45.4 Å². The van der Waals surface area contributed by atoms with Crippen LogP contribution in [0.1, 0.15) is 88.7 Å². The van der Waals surface area contributed by atoms with Crippen molar-refractivity contribution in [3.8, 4) is 6.07 Å². The van der Waals surface area contributed by atoms with E-state index in [9.17, 15) is 13.6 Å².